The molecular weight excluding hydrogens is 294 g/mol. The molecule has 0 aliphatic heterocycles. The molecule has 0 N–H and O–H groups in total. The molecule has 2 nitrogen and oxygen atoms in total. The monoisotopic (exact) mass is 300 g/mol. The maximum absolute atomic E-state index is 13.7. The fraction of sp³-hybridized carbons (Fsp3) is 0.0833. The first-order valence-electron chi connectivity index (χ1n) is 4.74. The van der Waals surface area contributed by atoms with Gasteiger partial charge in [-0.15, -0.1) is 0 Å². The molecular formula is C12H7BrF2O2. The SMILES string of the molecule is Cc1ccc(F)c(C(=O)c2ccoc2Br)c1F. The van der Waals surface area contributed by atoms with E-state index in [-0.39, 0.29) is 15.8 Å². The molecule has 0 radical (unpaired) electrons. The lowest BCUT2D eigenvalue weighted by atomic mass is 10.0. The highest BCUT2D eigenvalue weighted by molar-refractivity contribution is 9.10. The van der Waals surface area contributed by atoms with Gasteiger partial charge in [0.05, 0.1) is 17.4 Å². The van der Waals surface area contributed by atoms with Crippen LogP contribution < -0.4 is 0 Å². The summed E-state index contributed by atoms with van der Waals surface area (Å²) >= 11 is 3.00. The second-order valence-electron chi connectivity index (χ2n) is 3.49. The van der Waals surface area contributed by atoms with Gasteiger partial charge in [0.25, 0.3) is 0 Å². The number of carbonyl (C=O) groups is 1. The lowest BCUT2D eigenvalue weighted by Crippen LogP contribution is -2.08. The fourth-order valence-electron chi connectivity index (χ4n) is 1.46. The summed E-state index contributed by atoms with van der Waals surface area (Å²) in [4.78, 5) is 12.0. The van der Waals surface area contributed by atoms with E-state index >= 15 is 0 Å². The van der Waals surface area contributed by atoms with E-state index in [0.29, 0.717) is 0 Å². The Morgan fingerprint density at radius 1 is 1.29 bits per heavy atom. The summed E-state index contributed by atoms with van der Waals surface area (Å²) in [7, 11) is 0. The third kappa shape index (κ3) is 2.02. The Bertz CT molecular complexity index is 590. The summed E-state index contributed by atoms with van der Waals surface area (Å²) in [5, 5.41) is 0. The van der Waals surface area contributed by atoms with Crippen molar-refractivity contribution < 1.29 is 18.0 Å². The van der Waals surface area contributed by atoms with Crippen molar-refractivity contribution in [1.82, 2.24) is 0 Å². The zero-order chi connectivity index (χ0) is 12.6. The van der Waals surface area contributed by atoms with E-state index in [2.05, 4.69) is 15.9 Å². The smallest absolute Gasteiger partial charge is 0.203 e. The van der Waals surface area contributed by atoms with Crippen molar-refractivity contribution in [2.24, 2.45) is 0 Å². The molecule has 0 aliphatic carbocycles. The van der Waals surface area contributed by atoms with Gasteiger partial charge in [0.15, 0.2) is 4.67 Å². The average Bonchev–Trinajstić information content (AvgIpc) is 2.70. The summed E-state index contributed by atoms with van der Waals surface area (Å²) in [5.74, 6) is -2.47. The molecule has 1 aromatic carbocycles. The first kappa shape index (κ1) is 12.0. The number of hydrogen-bond donors (Lipinski definition) is 0. The van der Waals surface area contributed by atoms with E-state index in [0.717, 1.165) is 6.07 Å². The van der Waals surface area contributed by atoms with Crippen molar-refractivity contribution >= 4 is 21.7 Å². The van der Waals surface area contributed by atoms with Gasteiger partial charge < -0.3 is 4.42 Å². The highest BCUT2D eigenvalue weighted by Gasteiger charge is 2.23. The first-order valence-corrected chi connectivity index (χ1v) is 5.54. The van der Waals surface area contributed by atoms with Crippen molar-refractivity contribution in [3.05, 3.63) is 57.5 Å². The van der Waals surface area contributed by atoms with Crippen molar-refractivity contribution in [2.75, 3.05) is 0 Å². The van der Waals surface area contributed by atoms with E-state index in [4.69, 9.17) is 4.42 Å². The van der Waals surface area contributed by atoms with Crippen LogP contribution in [-0.4, -0.2) is 5.78 Å². The molecule has 0 fully saturated rings. The second-order valence-corrected chi connectivity index (χ2v) is 4.21. The van der Waals surface area contributed by atoms with Crippen LogP contribution in [0.5, 0.6) is 0 Å². The highest BCUT2D eigenvalue weighted by Crippen LogP contribution is 2.25. The zero-order valence-electron chi connectivity index (χ0n) is 8.76. The van der Waals surface area contributed by atoms with Crippen LogP contribution in [0.25, 0.3) is 0 Å². The Balaban J connectivity index is 2.59. The van der Waals surface area contributed by atoms with Crippen LogP contribution in [-0.2, 0) is 0 Å². The maximum atomic E-state index is 13.7. The minimum atomic E-state index is -0.883. The Kier molecular flexibility index (Phi) is 3.11. The van der Waals surface area contributed by atoms with Gasteiger partial charge in [-0.05, 0) is 40.5 Å². The predicted molar refractivity (Wildman–Crippen MR) is 60.9 cm³/mol. The van der Waals surface area contributed by atoms with Gasteiger partial charge in [-0.2, -0.15) is 0 Å². The van der Waals surface area contributed by atoms with Crippen molar-refractivity contribution in [3.8, 4) is 0 Å². The van der Waals surface area contributed by atoms with Gasteiger partial charge in [0.1, 0.15) is 11.6 Å². The number of ketones is 1. The Morgan fingerprint density at radius 2 is 2.00 bits per heavy atom. The molecule has 17 heavy (non-hydrogen) atoms. The van der Waals surface area contributed by atoms with Gasteiger partial charge in [0.2, 0.25) is 5.78 Å². The number of hydrogen-bond acceptors (Lipinski definition) is 2. The number of halogens is 3. The molecule has 0 spiro atoms. The molecule has 2 rings (SSSR count). The largest absolute Gasteiger partial charge is 0.457 e. The molecule has 0 aliphatic rings. The van der Waals surface area contributed by atoms with E-state index in [9.17, 15) is 13.6 Å². The quantitative estimate of drug-likeness (QED) is 0.788. The Morgan fingerprint density at radius 3 is 2.59 bits per heavy atom. The number of aryl methyl sites for hydroxylation is 1. The van der Waals surface area contributed by atoms with Gasteiger partial charge in [0, 0.05) is 0 Å². The molecule has 0 bridgehead atoms. The van der Waals surface area contributed by atoms with Crippen LogP contribution in [0.15, 0.2) is 33.5 Å². The summed E-state index contributed by atoms with van der Waals surface area (Å²) in [6.45, 7) is 1.47. The van der Waals surface area contributed by atoms with Crippen LogP contribution in [0.3, 0.4) is 0 Å². The maximum Gasteiger partial charge on any atom is 0.203 e. The molecule has 0 unspecified atom stereocenters. The van der Waals surface area contributed by atoms with Crippen molar-refractivity contribution in [2.45, 2.75) is 6.92 Å². The van der Waals surface area contributed by atoms with Crippen LogP contribution in [0.4, 0.5) is 8.78 Å². The van der Waals surface area contributed by atoms with Gasteiger partial charge in [-0.3, -0.25) is 4.79 Å². The Hall–Kier alpha value is -1.49. The van der Waals surface area contributed by atoms with Crippen molar-refractivity contribution in [1.29, 1.82) is 0 Å². The van der Waals surface area contributed by atoms with E-state index in [1.165, 1.54) is 25.3 Å². The number of rotatable bonds is 2. The van der Waals surface area contributed by atoms with Crippen LogP contribution in [0, 0.1) is 18.6 Å². The van der Waals surface area contributed by atoms with Crippen molar-refractivity contribution in [3.63, 3.8) is 0 Å². The molecule has 5 heteroatoms. The lowest BCUT2D eigenvalue weighted by molar-refractivity contribution is 0.102. The predicted octanol–water partition coefficient (Wildman–Crippen LogP) is 3.86. The second kappa shape index (κ2) is 4.41. The number of furan rings is 1. The molecule has 1 heterocycles. The molecule has 1 aromatic heterocycles. The number of benzene rings is 1. The summed E-state index contributed by atoms with van der Waals surface area (Å²) < 4.78 is 32.3. The van der Waals surface area contributed by atoms with E-state index in [1.54, 1.807) is 0 Å². The topological polar surface area (TPSA) is 30.2 Å². The summed E-state index contributed by atoms with van der Waals surface area (Å²) in [6, 6.07) is 3.71. The van der Waals surface area contributed by atoms with Gasteiger partial charge in [-0.1, -0.05) is 6.07 Å². The molecule has 0 amide bonds. The van der Waals surface area contributed by atoms with E-state index in [1.807, 2.05) is 0 Å². The fourth-order valence-corrected chi connectivity index (χ4v) is 1.88. The Labute approximate surface area is 104 Å². The summed E-state index contributed by atoms with van der Waals surface area (Å²) in [6.07, 6.45) is 1.27. The minimum absolute atomic E-state index is 0.0911. The lowest BCUT2D eigenvalue weighted by Gasteiger charge is -2.05. The third-order valence-corrected chi connectivity index (χ3v) is 2.99. The van der Waals surface area contributed by atoms with E-state index < -0.39 is 23.0 Å². The van der Waals surface area contributed by atoms with Crippen LogP contribution in [0.1, 0.15) is 21.5 Å². The first-order chi connectivity index (χ1) is 8.02. The zero-order valence-corrected chi connectivity index (χ0v) is 10.3. The molecule has 0 saturated carbocycles. The van der Waals surface area contributed by atoms with Crippen LogP contribution >= 0.6 is 15.9 Å². The van der Waals surface area contributed by atoms with Gasteiger partial charge >= 0.3 is 0 Å². The average molecular weight is 301 g/mol. The number of carbonyl (C=O) groups excluding carboxylic acids is 1. The molecule has 88 valence electrons. The van der Waals surface area contributed by atoms with Gasteiger partial charge in [-0.25, -0.2) is 8.78 Å². The third-order valence-electron chi connectivity index (χ3n) is 2.37. The molecule has 0 saturated heterocycles. The molecule has 2 aromatic rings. The summed E-state index contributed by atoms with van der Waals surface area (Å²) in [5.41, 5.74) is -0.255. The standard InChI is InChI=1S/C12H7BrF2O2/c1-6-2-3-8(14)9(10(6)15)11(16)7-4-5-17-12(7)13/h2-5H,1H3. The van der Waals surface area contributed by atoms with Crippen LogP contribution in [0.2, 0.25) is 0 Å². The highest BCUT2D eigenvalue weighted by atomic mass is 79.9. The molecule has 0 atom stereocenters. The minimum Gasteiger partial charge on any atom is -0.457 e. The normalized spacial score (nSPS) is 10.6.